The molecule has 0 bridgehead atoms. The van der Waals surface area contributed by atoms with Gasteiger partial charge in [0.25, 0.3) is 0 Å². The van der Waals surface area contributed by atoms with Gasteiger partial charge in [0.15, 0.2) is 11.6 Å². The van der Waals surface area contributed by atoms with Gasteiger partial charge in [-0.2, -0.15) is 0 Å². The molecule has 14 aromatic carbocycles. The van der Waals surface area contributed by atoms with Crippen LogP contribution in [0.5, 0.6) is 0 Å². The highest BCUT2D eigenvalue weighted by molar-refractivity contribution is 6.23. The van der Waals surface area contributed by atoms with Gasteiger partial charge in [0.2, 0.25) is 0 Å². The number of nitrogens with one attached hydrogen (secondary N) is 1. The van der Waals surface area contributed by atoms with Crippen LogP contribution in [0.4, 0.5) is 0 Å². The molecule has 7 heteroatoms. The lowest BCUT2D eigenvalue weighted by molar-refractivity contribution is 0.883. The standard InChI is InChI=1S/C51H37N3.C50H32N4/c1-2-15-35(16-3-1)49-43-23-8-10-25-45(43)50(46-26-11-9-24-44(46)49)38-18-12-19-39(31-38)51-53-47(37-28-27-34-14-4-5-17-36(34)30-37)32-48(54-51)42-22-7-6-21-41(42)40-20-13-29-52-33-40;1-2-13-33(14-3-1)46-30-47(36-17-10-16-34(27-36)39-20-12-26-51-31-39)54-50(53-46)38-19-11-18-37(29-38)48-41-21-5-7-23-43(41)49(44-24-8-6-22-42(44)48)40-28-35-15-4-9-25-45(35)52-32-40/h1-5,7-20,22-32,52H,6,21,33H2;1-32H. The van der Waals surface area contributed by atoms with Crippen LogP contribution in [0.15, 0.2) is 388 Å². The number of rotatable bonds is 12. The maximum Gasteiger partial charge on any atom is 0.160 e. The van der Waals surface area contributed by atoms with E-state index in [0.717, 1.165) is 109 Å². The van der Waals surface area contributed by atoms with Gasteiger partial charge in [-0.05, 0) is 189 Å². The Morgan fingerprint density at radius 2 is 0.741 bits per heavy atom. The van der Waals surface area contributed by atoms with Crippen LogP contribution in [-0.2, 0) is 0 Å². The molecule has 20 rings (SSSR count). The molecule has 0 atom stereocenters. The second kappa shape index (κ2) is 28.5. The Kier molecular flexibility index (Phi) is 17.1. The van der Waals surface area contributed by atoms with Crippen LogP contribution in [-0.4, -0.2) is 36.4 Å². The lowest BCUT2D eigenvalue weighted by Crippen LogP contribution is -2.15. The van der Waals surface area contributed by atoms with Crippen molar-refractivity contribution >= 4 is 70.3 Å². The number of hydrogen-bond donors (Lipinski definition) is 1. The quantitative estimate of drug-likeness (QED) is 0.122. The number of fused-ring (bicyclic) bond motifs is 6. The third-order valence-corrected chi connectivity index (χ3v) is 21.0. The first-order valence-corrected chi connectivity index (χ1v) is 36.9. The number of pyridine rings is 2. The summed E-state index contributed by atoms with van der Waals surface area (Å²) >= 11 is 0. The number of hydrogen-bond acceptors (Lipinski definition) is 7. The molecule has 0 unspecified atom stereocenters. The van der Waals surface area contributed by atoms with Gasteiger partial charge < -0.3 is 5.32 Å². The van der Waals surface area contributed by atoms with Gasteiger partial charge in [0, 0.05) is 75.0 Å². The minimum Gasteiger partial charge on any atom is -0.387 e. The number of para-hydroxylation sites is 1. The molecule has 2 aliphatic rings. The highest BCUT2D eigenvalue weighted by atomic mass is 14.9. The Bertz CT molecular complexity index is 6560. The van der Waals surface area contributed by atoms with E-state index in [0.29, 0.717) is 11.6 Å². The fourth-order valence-electron chi connectivity index (χ4n) is 15.9. The van der Waals surface area contributed by atoms with E-state index in [1.165, 1.54) is 98.4 Å². The van der Waals surface area contributed by atoms with Crippen molar-refractivity contribution in [3.63, 3.8) is 0 Å². The fraction of sp³-hybridized carbons (Fsp3) is 0.0297. The Balaban J connectivity index is 0.000000147. The summed E-state index contributed by atoms with van der Waals surface area (Å²) in [5.41, 5.74) is 25.1. The van der Waals surface area contributed by atoms with Crippen LogP contribution < -0.4 is 5.32 Å². The molecular formula is C101H69N7. The van der Waals surface area contributed by atoms with Crippen LogP contribution in [0.3, 0.4) is 0 Å². The molecule has 0 amide bonds. The number of allylic oxidation sites excluding steroid dienone is 5. The summed E-state index contributed by atoms with van der Waals surface area (Å²) in [6, 6.07) is 116. The predicted molar refractivity (Wildman–Crippen MR) is 450 cm³/mol. The summed E-state index contributed by atoms with van der Waals surface area (Å²) in [4.78, 5) is 30.3. The van der Waals surface area contributed by atoms with Crippen molar-refractivity contribution in [3.05, 3.63) is 394 Å². The lowest BCUT2D eigenvalue weighted by Gasteiger charge is -2.21. The van der Waals surface area contributed by atoms with Gasteiger partial charge in [-0.25, -0.2) is 19.9 Å². The predicted octanol–water partition coefficient (Wildman–Crippen LogP) is 25.5. The van der Waals surface area contributed by atoms with Gasteiger partial charge in [-0.15, -0.1) is 0 Å². The third-order valence-electron chi connectivity index (χ3n) is 21.0. The molecule has 1 aliphatic heterocycles. The van der Waals surface area contributed by atoms with E-state index in [1.807, 2.05) is 48.9 Å². The number of nitrogens with zero attached hydrogens (tertiary/aromatic N) is 6. The van der Waals surface area contributed by atoms with E-state index in [9.17, 15) is 0 Å². The summed E-state index contributed by atoms with van der Waals surface area (Å²) < 4.78 is 0. The second-order valence-electron chi connectivity index (χ2n) is 27.6. The molecule has 0 saturated carbocycles. The zero-order valence-corrected chi connectivity index (χ0v) is 59.1. The van der Waals surface area contributed by atoms with Crippen LogP contribution in [0.2, 0.25) is 0 Å². The van der Waals surface area contributed by atoms with Gasteiger partial charge in [0.05, 0.1) is 28.3 Å². The van der Waals surface area contributed by atoms with Gasteiger partial charge in [-0.1, -0.05) is 291 Å². The van der Waals surface area contributed by atoms with Gasteiger partial charge >= 0.3 is 0 Å². The molecule has 0 saturated heterocycles. The minimum atomic E-state index is 0.674. The molecule has 0 fully saturated rings. The molecule has 508 valence electrons. The summed E-state index contributed by atoms with van der Waals surface area (Å²) in [6.07, 6.45) is 18.6. The third kappa shape index (κ3) is 12.4. The van der Waals surface area contributed by atoms with Crippen molar-refractivity contribution in [2.75, 3.05) is 6.54 Å². The molecule has 1 aliphatic carbocycles. The summed E-state index contributed by atoms with van der Waals surface area (Å²) in [5, 5.41) is 16.6. The van der Waals surface area contributed by atoms with Crippen LogP contribution in [0.25, 0.3) is 183 Å². The molecule has 18 aromatic rings. The van der Waals surface area contributed by atoms with E-state index in [1.54, 1.807) is 6.20 Å². The van der Waals surface area contributed by atoms with E-state index in [-0.39, 0.29) is 0 Å². The highest BCUT2D eigenvalue weighted by Gasteiger charge is 2.24. The normalized spacial score (nSPS) is 12.7. The molecule has 7 nitrogen and oxygen atoms in total. The molecule has 1 N–H and O–H groups in total. The molecule has 4 aromatic heterocycles. The summed E-state index contributed by atoms with van der Waals surface area (Å²) in [5.74, 6) is 1.39. The van der Waals surface area contributed by atoms with E-state index < -0.39 is 0 Å². The van der Waals surface area contributed by atoms with Crippen molar-refractivity contribution in [1.29, 1.82) is 0 Å². The zero-order chi connectivity index (χ0) is 71.7. The average molecular weight is 1380 g/mol. The number of benzene rings is 14. The Labute approximate surface area is 626 Å². The van der Waals surface area contributed by atoms with Crippen LogP contribution in [0, 0.1) is 0 Å². The average Bonchev–Trinajstić information content (AvgIpc) is 0.738. The molecule has 108 heavy (non-hydrogen) atoms. The first-order chi connectivity index (χ1) is 53.5. The van der Waals surface area contributed by atoms with Crippen LogP contribution >= 0.6 is 0 Å². The van der Waals surface area contributed by atoms with E-state index >= 15 is 0 Å². The number of dihydropyridines is 1. The molecule has 5 heterocycles. The maximum absolute atomic E-state index is 5.39. The molecular weight excluding hydrogens is 1310 g/mol. The summed E-state index contributed by atoms with van der Waals surface area (Å²) in [6.45, 7) is 0.811. The summed E-state index contributed by atoms with van der Waals surface area (Å²) in [7, 11) is 0. The van der Waals surface area contributed by atoms with E-state index in [4.69, 9.17) is 24.9 Å². The molecule has 0 spiro atoms. The SMILES string of the molecule is C1=CNCC(C2=C(c3cc(-c4ccc5ccccc5c4)nc(-c4cccc(-c5c6ccccc6c(-c6ccccc6)c6ccccc56)c4)n3)C=CCC2)=C1.c1ccc(-c2cc(-c3cccc(-c4cccnc4)c3)nc(-c3cccc(-c4c5ccccc5c(-c5cnc6ccccc6c5)c5ccccc45)c3)n2)cc1. The van der Waals surface area contributed by atoms with Crippen molar-refractivity contribution in [2.45, 2.75) is 12.8 Å². The largest absolute Gasteiger partial charge is 0.387 e. The molecule has 0 radical (unpaired) electrons. The van der Waals surface area contributed by atoms with Crippen molar-refractivity contribution in [1.82, 2.24) is 35.2 Å². The van der Waals surface area contributed by atoms with Gasteiger partial charge in [0.1, 0.15) is 0 Å². The maximum atomic E-state index is 5.39. The first-order valence-electron chi connectivity index (χ1n) is 36.9. The Hall–Kier alpha value is -14.1. The highest BCUT2D eigenvalue weighted by Crippen LogP contribution is 2.47. The Morgan fingerprint density at radius 3 is 1.32 bits per heavy atom. The van der Waals surface area contributed by atoms with Crippen molar-refractivity contribution in [3.8, 4) is 112 Å². The zero-order valence-electron chi connectivity index (χ0n) is 59.1. The second-order valence-corrected chi connectivity index (χ2v) is 27.6. The van der Waals surface area contributed by atoms with Crippen molar-refractivity contribution in [2.24, 2.45) is 0 Å². The Morgan fingerprint density at radius 1 is 0.296 bits per heavy atom. The lowest BCUT2D eigenvalue weighted by atomic mass is 9.85. The van der Waals surface area contributed by atoms with E-state index in [2.05, 4.69) is 332 Å². The van der Waals surface area contributed by atoms with Crippen LogP contribution in [0.1, 0.15) is 18.5 Å². The smallest absolute Gasteiger partial charge is 0.160 e. The monoisotopic (exact) mass is 1380 g/mol. The first kappa shape index (κ1) is 64.7. The number of aromatic nitrogens is 6. The van der Waals surface area contributed by atoms with Crippen molar-refractivity contribution < 1.29 is 0 Å². The fourth-order valence-corrected chi connectivity index (χ4v) is 15.9. The van der Waals surface area contributed by atoms with Gasteiger partial charge in [-0.3, -0.25) is 9.97 Å². The minimum absolute atomic E-state index is 0.674. The topological polar surface area (TPSA) is 89.4 Å².